The zero-order chi connectivity index (χ0) is 15.9. The molecular weight excluding hydrogens is 304 g/mol. The molecule has 3 aliphatic heterocycles. The lowest BCUT2D eigenvalue weighted by Gasteiger charge is -2.29. The molecule has 2 bridgehead atoms. The first kappa shape index (κ1) is 13.9. The molecular formula is C17H18N6O. The molecule has 0 atom stereocenters. The summed E-state index contributed by atoms with van der Waals surface area (Å²) in [5.41, 5.74) is 1.48. The first-order chi connectivity index (χ1) is 11.9. The quantitative estimate of drug-likeness (QED) is 0.714. The van der Waals surface area contributed by atoms with Crippen molar-refractivity contribution in [1.82, 2.24) is 25.3 Å². The van der Waals surface area contributed by atoms with Crippen LogP contribution in [0.1, 0.15) is 12.8 Å². The predicted octanol–water partition coefficient (Wildman–Crippen LogP) is 1.96. The minimum absolute atomic E-state index is 0.433. The molecule has 0 amide bonds. The van der Waals surface area contributed by atoms with E-state index in [0.29, 0.717) is 23.6 Å². The molecule has 0 aliphatic carbocycles. The Morgan fingerprint density at radius 2 is 1.79 bits per heavy atom. The average molecular weight is 322 g/mol. The molecule has 7 nitrogen and oxygen atoms in total. The van der Waals surface area contributed by atoms with Crippen molar-refractivity contribution < 1.29 is 4.42 Å². The number of hydrogen-bond acceptors (Lipinski definition) is 7. The maximum absolute atomic E-state index is 5.95. The standard InChI is InChI=1S/C17H18N6O/c1-2-4-14-12(3-1)11-15(19-18-14)16-20-21-17(24-16)23-10-9-22-7-5-13(23)6-8-22/h1-4,11,13H,5-10H2. The molecule has 7 heteroatoms. The topological polar surface area (TPSA) is 71.2 Å². The largest absolute Gasteiger partial charge is 0.401 e. The van der Waals surface area contributed by atoms with Gasteiger partial charge in [0.15, 0.2) is 5.69 Å². The smallest absolute Gasteiger partial charge is 0.318 e. The summed E-state index contributed by atoms with van der Waals surface area (Å²) >= 11 is 0. The normalized spacial score (nSPS) is 23.6. The van der Waals surface area contributed by atoms with Gasteiger partial charge in [-0.2, -0.15) is 0 Å². The third kappa shape index (κ3) is 2.32. The second kappa shape index (κ2) is 5.52. The lowest BCUT2D eigenvalue weighted by Crippen LogP contribution is -2.38. The molecule has 3 aliphatic rings. The highest BCUT2D eigenvalue weighted by Gasteiger charge is 2.32. The van der Waals surface area contributed by atoms with Gasteiger partial charge in [0, 0.05) is 37.6 Å². The second-order valence-electron chi connectivity index (χ2n) is 6.44. The summed E-state index contributed by atoms with van der Waals surface area (Å²) in [7, 11) is 0. The van der Waals surface area contributed by atoms with Crippen molar-refractivity contribution in [2.45, 2.75) is 18.9 Å². The van der Waals surface area contributed by atoms with Crippen molar-refractivity contribution in [3.63, 3.8) is 0 Å². The predicted molar refractivity (Wildman–Crippen MR) is 89.6 cm³/mol. The van der Waals surface area contributed by atoms with Crippen LogP contribution in [0.25, 0.3) is 22.5 Å². The van der Waals surface area contributed by atoms with Crippen molar-refractivity contribution in [2.24, 2.45) is 0 Å². The third-order valence-electron chi connectivity index (χ3n) is 5.03. The summed E-state index contributed by atoms with van der Waals surface area (Å²) in [5.74, 6) is 0.433. The van der Waals surface area contributed by atoms with Crippen molar-refractivity contribution in [1.29, 1.82) is 0 Å². The summed E-state index contributed by atoms with van der Waals surface area (Å²) in [5, 5.41) is 18.0. The van der Waals surface area contributed by atoms with Gasteiger partial charge in [0.1, 0.15) is 0 Å². The van der Waals surface area contributed by atoms with E-state index in [1.807, 2.05) is 30.3 Å². The Morgan fingerprint density at radius 3 is 2.71 bits per heavy atom. The fraction of sp³-hybridized carbons (Fsp3) is 0.412. The monoisotopic (exact) mass is 322 g/mol. The van der Waals surface area contributed by atoms with Crippen molar-refractivity contribution in [2.75, 3.05) is 31.1 Å². The number of fused-ring (bicyclic) bond motifs is 5. The van der Waals surface area contributed by atoms with Crippen LogP contribution in [0.4, 0.5) is 6.01 Å². The first-order valence-corrected chi connectivity index (χ1v) is 8.42. The van der Waals surface area contributed by atoms with Gasteiger partial charge in [0.25, 0.3) is 5.89 Å². The van der Waals surface area contributed by atoms with Crippen LogP contribution in [0.5, 0.6) is 0 Å². The molecule has 1 aromatic carbocycles. The Labute approximate surface area is 139 Å². The third-order valence-corrected chi connectivity index (χ3v) is 5.03. The number of nitrogens with zero attached hydrogens (tertiary/aromatic N) is 6. The van der Waals surface area contributed by atoms with E-state index in [0.717, 1.165) is 49.9 Å². The van der Waals surface area contributed by atoms with Crippen LogP contribution in [-0.4, -0.2) is 57.5 Å². The maximum Gasteiger partial charge on any atom is 0.318 e. The number of piperidine rings is 1. The minimum atomic E-state index is 0.433. The van der Waals surface area contributed by atoms with Crippen LogP contribution in [0.3, 0.4) is 0 Å². The number of benzene rings is 1. The molecule has 0 unspecified atom stereocenters. The fourth-order valence-corrected chi connectivity index (χ4v) is 3.66. The van der Waals surface area contributed by atoms with Crippen LogP contribution in [0.2, 0.25) is 0 Å². The number of rotatable bonds is 2. The second-order valence-corrected chi connectivity index (χ2v) is 6.44. The highest BCUT2D eigenvalue weighted by molar-refractivity contribution is 5.80. The summed E-state index contributed by atoms with van der Waals surface area (Å²) in [6.45, 7) is 4.33. The van der Waals surface area contributed by atoms with Gasteiger partial charge >= 0.3 is 6.01 Å². The molecule has 122 valence electrons. The lowest BCUT2D eigenvalue weighted by molar-refractivity contribution is 0.249. The molecule has 6 rings (SSSR count). The Kier molecular flexibility index (Phi) is 3.19. The molecule has 3 saturated heterocycles. The van der Waals surface area contributed by atoms with Crippen LogP contribution in [-0.2, 0) is 0 Å². The maximum atomic E-state index is 5.95. The van der Waals surface area contributed by atoms with Gasteiger partial charge in [0.2, 0.25) is 0 Å². The number of aromatic nitrogens is 4. The van der Waals surface area contributed by atoms with E-state index < -0.39 is 0 Å². The molecule has 0 spiro atoms. The summed E-state index contributed by atoms with van der Waals surface area (Å²) < 4.78 is 5.95. The van der Waals surface area contributed by atoms with E-state index in [4.69, 9.17) is 4.42 Å². The summed E-state index contributed by atoms with van der Waals surface area (Å²) in [4.78, 5) is 4.76. The number of hydrogen-bond donors (Lipinski definition) is 0. The summed E-state index contributed by atoms with van der Waals surface area (Å²) in [6.07, 6.45) is 2.32. The van der Waals surface area contributed by atoms with Gasteiger partial charge in [-0.25, -0.2) is 0 Å². The van der Waals surface area contributed by atoms with E-state index in [2.05, 4.69) is 30.2 Å². The lowest BCUT2D eigenvalue weighted by atomic mass is 10.1. The van der Waals surface area contributed by atoms with Crippen molar-refractivity contribution >= 4 is 16.9 Å². The molecule has 0 N–H and O–H groups in total. The van der Waals surface area contributed by atoms with E-state index >= 15 is 0 Å². The van der Waals surface area contributed by atoms with Gasteiger partial charge < -0.3 is 14.2 Å². The molecule has 3 aromatic rings. The molecule has 3 fully saturated rings. The summed E-state index contributed by atoms with van der Waals surface area (Å²) in [6, 6.07) is 10.9. The first-order valence-electron chi connectivity index (χ1n) is 8.42. The molecule has 0 saturated carbocycles. The fourth-order valence-electron chi connectivity index (χ4n) is 3.66. The highest BCUT2D eigenvalue weighted by Crippen LogP contribution is 2.28. The van der Waals surface area contributed by atoms with Gasteiger partial charge in [-0.3, -0.25) is 0 Å². The van der Waals surface area contributed by atoms with Crippen LogP contribution >= 0.6 is 0 Å². The highest BCUT2D eigenvalue weighted by atomic mass is 16.4. The molecule has 2 aromatic heterocycles. The Bertz CT molecular complexity index is 870. The molecule has 0 radical (unpaired) electrons. The van der Waals surface area contributed by atoms with Crippen LogP contribution in [0, 0.1) is 0 Å². The van der Waals surface area contributed by atoms with Gasteiger partial charge in [-0.05, 0) is 25.0 Å². The van der Waals surface area contributed by atoms with Gasteiger partial charge in [-0.1, -0.05) is 23.3 Å². The Morgan fingerprint density at radius 1 is 0.917 bits per heavy atom. The van der Waals surface area contributed by atoms with E-state index in [-0.39, 0.29) is 0 Å². The Hall–Kier alpha value is -2.54. The van der Waals surface area contributed by atoms with Crippen LogP contribution < -0.4 is 4.90 Å². The molecule has 5 heterocycles. The van der Waals surface area contributed by atoms with E-state index in [9.17, 15) is 0 Å². The zero-order valence-electron chi connectivity index (χ0n) is 13.3. The SMILES string of the molecule is c1ccc2nnc(-c3nnc(N4CCN5CCC4CC5)o3)cc2c1. The number of anilines is 1. The van der Waals surface area contributed by atoms with E-state index in [1.54, 1.807) is 0 Å². The van der Waals surface area contributed by atoms with Gasteiger partial charge in [0.05, 0.1) is 5.52 Å². The van der Waals surface area contributed by atoms with E-state index in [1.165, 1.54) is 0 Å². The van der Waals surface area contributed by atoms with Gasteiger partial charge in [-0.15, -0.1) is 15.3 Å². The van der Waals surface area contributed by atoms with Crippen molar-refractivity contribution in [3.8, 4) is 11.6 Å². The van der Waals surface area contributed by atoms with Crippen molar-refractivity contribution in [3.05, 3.63) is 30.3 Å². The van der Waals surface area contributed by atoms with Crippen LogP contribution in [0.15, 0.2) is 34.7 Å². The Balaban J connectivity index is 1.47. The minimum Gasteiger partial charge on any atom is -0.401 e. The zero-order valence-corrected chi connectivity index (χ0v) is 13.3. The molecule has 24 heavy (non-hydrogen) atoms. The average Bonchev–Trinajstić information content (AvgIpc) is 2.94.